The zero-order valence-electron chi connectivity index (χ0n) is 12.0. The van der Waals surface area contributed by atoms with E-state index in [1.165, 1.54) is 11.3 Å². The number of hydrogen-bond donors (Lipinski definition) is 1. The summed E-state index contributed by atoms with van der Waals surface area (Å²) in [6.45, 7) is 6.83. The molecule has 1 aromatic rings. The number of carbonyl (C=O) groups is 1. The standard InChI is InChI=1S/C16H24N2O/c1-3-5-10-18(4-2)16(19)11-13-12-17-15-9-7-6-8-14(13)15/h6-9,13,17H,3-5,10-12H2,1-2H3. The smallest absolute Gasteiger partial charge is 0.223 e. The Morgan fingerprint density at radius 3 is 2.89 bits per heavy atom. The molecule has 1 aliphatic heterocycles. The molecule has 1 unspecified atom stereocenters. The van der Waals surface area contributed by atoms with Crippen molar-refractivity contribution in [2.75, 3.05) is 25.0 Å². The van der Waals surface area contributed by atoms with Gasteiger partial charge in [-0.15, -0.1) is 0 Å². The molecule has 1 atom stereocenters. The Morgan fingerprint density at radius 1 is 1.37 bits per heavy atom. The lowest BCUT2D eigenvalue weighted by Crippen LogP contribution is -2.32. The number of amides is 1. The molecule has 1 N–H and O–H groups in total. The number of benzene rings is 1. The van der Waals surface area contributed by atoms with Crippen molar-refractivity contribution in [1.82, 2.24) is 4.90 Å². The Balaban J connectivity index is 1.96. The van der Waals surface area contributed by atoms with Crippen molar-refractivity contribution in [2.45, 2.75) is 39.0 Å². The van der Waals surface area contributed by atoms with Crippen molar-refractivity contribution in [1.29, 1.82) is 0 Å². The topological polar surface area (TPSA) is 32.3 Å². The Labute approximate surface area is 116 Å². The zero-order chi connectivity index (χ0) is 13.7. The summed E-state index contributed by atoms with van der Waals surface area (Å²) in [6, 6.07) is 8.32. The summed E-state index contributed by atoms with van der Waals surface area (Å²) in [7, 11) is 0. The Bertz CT molecular complexity index is 431. The van der Waals surface area contributed by atoms with Gasteiger partial charge < -0.3 is 10.2 Å². The minimum atomic E-state index is 0.291. The van der Waals surface area contributed by atoms with E-state index < -0.39 is 0 Å². The van der Waals surface area contributed by atoms with Crippen molar-refractivity contribution in [2.24, 2.45) is 0 Å². The van der Waals surface area contributed by atoms with Crippen LogP contribution in [0.15, 0.2) is 24.3 Å². The van der Waals surface area contributed by atoms with Crippen molar-refractivity contribution >= 4 is 11.6 Å². The van der Waals surface area contributed by atoms with Crippen LogP contribution in [0, 0.1) is 0 Å². The van der Waals surface area contributed by atoms with Gasteiger partial charge in [0.1, 0.15) is 0 Å². The molecule has 0 bridgehead atoms. The number of unbranched alkanes of at least 4 members (excludes halogenated alkanes) is 1. The average molecular weight is 260 g/mol. The first kappa shape index (κ1) is 13.9. The minimum Gasteiger partial charge on any atom is -0.384 e. The van der Waals surface area contributed by atoms with Crippen LogP contribution in [0.5, 0.6) is 0 Å². The number of hydrogen-bond acceptors (Lipinski definition) is 2. The number of para-hydroxylation sites is 1. The van der Waals surface area contributed by atoms with E-state index in [1.807, 2.05) is 11.0 Å². The highest BCUT2D eigenvalue weighted by atomic mass is 16.2. The first-order chi connectivity index (χ1) is 9.26. The molecule has 3 nitrogen and oxygen atoms in total. The molecule has 2 rings (SSSR count). The van der Waals surface area contributed by atoms with E-state index in [4.69, 9.17) is 0 Å². The van der Waals surface area contributed by atoms with Crippen LogP contribution >= 0.6 is 0 Å². The normalized spacial score (nSPS) is 16.8. The summed E-state index contributed by atoms with van der Waals surface area (Å²) in [5.74, 6) is 0.624. The fraction of sp³-hybridized carbons (Fsp3) is 0.562. The monoisotopic (exact) mass is 260 g/mol. The highest BCUT2D eigenvalue weighted by Crippen LogP contribution is 2.33. The van der Waals surface area contributed by atoms with Crippen LogP contribution < -0.4 is 5.32 Å². The molecule has 0 saturated heterocycles. The third-order valence-corrected chi connectivity index (χ3v) is 3.88. The maximum Gasteiger partial charge on any atom is 0.223 e. The van der Waals surface area contributed by atoms with E-state index in [1.54, 1.807) is 0 Å². The Kier molecular flexibility index (Phi) is 4.83. The van der Waals surface area contributed by atoms with Gasteiger partial charge in [0.25, 0.3) is 0 Å². The second-order valence-corrected chi connectivity index (χ2v) is 5.20. The second-order valence-electron chi connectivity index (χ2n) is 5.20. The van der Waals surface area contributed by atoms with Crippen molar-refractivity contribution in [3.05, 3.63) is 29.8 Å². The van der Waals surface area contributed by atoms with Crippen LogP contribution in [-0.2, 0) is 4.79 Å². The molecule has 104 valence electrons. The Hall–Kier alpha value is -1.51. The van der Waals surface area contributed by atoms with Gasteiger partial charge in [-0.2, -0.15) is 0 Å². The number of nitrogens with one attached hydrogen (secondary N) is 1. The summed E-state index contributed by atoms with van der Waals surface area (Å²) >= 11 is 0. The third-order valence-electron chi connectivity index (χ3n) is 3.88. The molecule has 1 aromatic carbocycles. The van der Waals surface area contributed by atoms with Crippen LogP contribution in [0.25, 0.3) is 0 Å². The van der Waals surface area contributed by atoms with E-state index in [0.29, 0.717) is 18.2 Å². The summed E-state index contributed by atoms with van der Waals surface area (Å²) in [5, 5.41) is 3.38. The number of fused-ring (bicyclic) bond motifs is 1. The fourth-order valence-electron chi connectivity index (χ4n) is 2.69. The van der Waals surface area contributed by atoms with E-state index in [9.17, 15) is 4.79 Å². The van der Waals surface area contributed by atoms with Crippen molar-refractivity contribution in [3.8, 4) is 0 Å². The van der Waals surface area contributed by atoms with Gasteiger partial charge >= 0.3 is 0 Å². The third kappa shape index (κ3) is 3.28. The van der Waals surface area contributed by atoms with Gasteiger partial charge in [0.2, 0.25) is 5.91 Å². The maximum atomic E-state index is 12.3. The molecule has 1 aliphatic rings. The van der Waals surface area contributed by atoms with E-state index in [-0.39, 0.29) is 0 Å². The van der Waals surface area contributed by atoms with E-state index in [0.717, 1.165) is 32.5 Å². The number of rotatable bonds is 6. The van der Waals surface area contributed by atoms with Gasteiger partial charge in [0.05, 0.1) is 0 Å². The fourth-order valence-corrected chi connectivity index (χ4v) is 2.69. The first-order valence-corrected chi connectivity index (χ1v) is 7.36. The Morgan fingerprint density at radius 2 is 2.16 bits per heavy atom. The van der Waals surface area contributed by atoms with Gasteiger partial charge in [-0.1, -0.05) is 31.5 Å². The number of nitrogens with zero attached hydrogens (tertiary/aromatic N) is 1. The van der Waals surface area contributed by atoms with Gasteiger partial charge in [-0.05, 0) is 25.0 Å². The van der Waals surface area contributed by atoms with Crippen LogP contribution in [-0.4, -0.2) is 30.4 Å². The summed E-state index contributed by atoms with van der Waals surface area (Å²) in [5.41, 5.74) is 2.49. The molecular weight excluding hydrogens is 236 g/mol. The quantitative estimate of drug-likeness (QED) is 0.851. The SMILES string of the molecule is CCCCN(CC)C(=O)CC1CNc2ccccc21. The van der Waals surface area contributed by atoms with E-state index >= 15 is 0 Å². The summed E-state index contributed by atoms with van der Waals surface area (Å²) < 4.78 is 0. The van der Waals surface area contributed by atoms with Gasteiger partial charge in [-0.25, -0.2) is 0 Å². The number of anilines is 1. The van der Waals surface area contributed by atoms with Gasteiger partial charge in [0.15, 0.2) is 0 Å². The van der Waals surface area contributed by atoms with Gasteiger partial charge in [-0.3, -0.25) is 4.79 Å². The minimum absolute atomic E-state index is 0.291. The lowest BCUT2D eigenvalue weighted by molar-refractivity contribution is -0.131. The molecule has 0 aliphatic carbocycles. The average Bonchev–Trinajstić information content (AvgIpc) is 2.83. The van der Waals surface area contributed by atoms with Crippen molar-refractivity contribution in [3.63, 3.8) is 0 Å². The lowest BCUT2D eigenvalue weighted by Gasteiger charge is -2.22. The molecular formula is C16H24N2O. The van der Waals surface area contributed by atoms with Crippen LogP contribution in [0.1, 0.15) is 44.6 Å². The molecule has 0 spiro atoms. The molecule has 3 heteroatoms. The predicted molar refractivity (Wildman–Crippen MR) is 79.5 cm³/mol. The number of carbonyl (C=O) groups excluding carboxylic acids is 1. The lowest BCUT2D eigenvalue weighted by atomic mass is 9.97. The maximum absolute atomic E-state index is 12.3. The highest BCUT2D eigenvalue weighted by molar-refractivity contribution is 5.78. The highest BCUT2D eigenvalue weighted by Gasteiger charge is 2.25. The molecule has 19 heavy (non-hydrogen) atoms. The summed E-state index contributed by atoms with van der Waals surface area (Å²) in [4.78, 5) is 14.3. The first-order valence-electron chi connectivity index (χ1n) is 7.36. The largest absolute Gasteiger partial charge is 0.384 e. The van der Waals surface area contributed by atoms with Crippen LogP contribution in [0.3, 0.4) is 0 Å². The van der Waals surface area contributed by atoms with Crippen LogP contribution in [0.2, 0.25) is 0 Å². The van der Waals surface area contributed by atoms with Crippen LogP contribution in [0.4, 0.5) is 5.69 Å². The predicted octanol–water partition coefficient (Wildman–Crippen LogP) is 3.23. The molecule has 1 amide bonds. The second kappa shape index (κ2) is 6.60. The molecule has 0 radical (unpaired) electrons. The summed E-state index contributed by atoms with van der Waals surface area (Å²) in [6.07, 6.45) is 2.86. The molecule has 1 heterocycles. The zero-order valence-corrected chi connectivity index (χ0v) is 12.0. The van der Waals surface area contributed by atoms with E-state index in [2.05, 4.69) is 37.4 Å². The molecule has 0 saturated carbocycles. The van der Waals surface area contributed by atoms with Gasteiger partial charge in [0, 0.05) is 37.7 Å². The molecule has 0 fully saturated rings. The molecule has 0 aromatic heterocycles. The van der Waals surface area contributed by atoms with Crippen molar-refractivity contribution < 1.29 is 4.79 Å².